The molecule has 0 N–H and O–H groups in total. The summed E-state index contributed by atoms with van der Waals surface area (Å²) in [6, 6.07) is 0. The van der Waals surface area contributed by atoms with Crippen molar-refractivity contribution in [1.29, 1.82) is 0 Å². The first kappa shape index (κ1) is 21.1. The summed E-state index contributed by atoms with van der Waals surface area (Å²) < 4.78 is 20.5. The van der Waals surface area contributed by atoms with Gasteiger partial charge in [-0.3, -0.25) is 8.00 Å². The van der Waals surface area contributed by atoms with Crippen LogP contribution < -0.4 is 0 Å². The molecule has 0 fully saturated rings. The minimum atomic E-state index is -1.65. The Balaban J connectivity index is 5.81. The van der Waals surface area contributed by atoms with Crippen molar-refractivity contribution in [2.75, 3.05) is 0 Å². The maximum atomic E-state index is 15.8. The molecule has 0 aliphatic rings. The molecule has 122 valence electrons. The Kier molecular flexibility index (Phi) is 6.70. The van der Waals surface area contributed by atoms with Crippen molar-refractivity contribution >= 4 is 41.5 Å². The lowest BCUT2D eigenvalue weighted by Crippen LogP contribution is -2.63. The normalized spacial score (nSPS) is 15.6. The average Bonchev–Trinajstić information content (AvgIpc) is 1.88. The monoisotopic (exact) mass is 370 g/mol. The van der Waals surface area contributed by atoms with Crippen LogP contribution in [0.5, 0.6) is 0 Å². The fraction of sp³-hybridized carbons (Fsp3) is 1.00. The van der Waals surface area contributed by atoms with Gasteiger partial charge in [0.15, 0.2) is 0 Å². The summed E-state index contributed by atoms with van der Waals surface area (Å²) in [6.45, 7) is 27.6. The molecule has 0 aliphatic carbocycles. The van der Waals surface area contributed by atoms with E-state index in [1.807, 2.05) is 0 Å². The highest BCUT2D eigenvalue weighted by atomic mass is 31.2. The molecule has 0 aromatic carbocycles. The van der Waals surface area contributed by atoms with Crippen molar-refractivity contribution in [2.24, 2.45) is 0 Å². The van der Waals surface area contributed by atoms with Gasteiger partial charge in [-0.25, -0.2) is 0 Å². The summed E-state index contributed by atoms with van der Waals surface area (Å²) >= 11 is 0. The Morgan fingerprint density at radius 1 is 0.500 bits per heavy atom. The average molecular weight is 371 g/mol. The second-order valence-electron chi connectivity index (χ2n) is 9.55. The number of hydrogen-bond acceptors (Lipinski definition) is 2. The molecule has 0 atom stereocenters. The van der Waals surface area contributed by atoms with Crippen molar-refractivity contribution in [3.63, 3.8) is 0 Å². The van der Waals surface area contributed by atoms with E-state index in [1.54, 1.807) is 0 Å². The molecular weight excluding hydrogens is 334 g/mol. The third-order valence-electron chi connectivity index (χ3n) is 2.87. The largest absolute Gasteiger partial charge is 0.288 e. The van der Waals surface area contributed by atoms with E-state index in [9.17, 15) is 0 Å². The van der Waals surface area contributed by atoms with Crippen LogP contribution in [-0.2, 0) is 0 Å². The van der Waals surface area contributed by atoms with Gasteiger partial charge < -0.3 is 0 Å². The van der Waals surface area contributed by atoms with Crippen molar-refractivity contribution in [3.8, 4) is 0 Å². The molecule has 0 heterocycles. The summed E-state index contributed by atoms with van der Waals surface area (Å²) in [6.07, 6.45) is 0. The van der Waals surface area contributed by atoms with Crippen LogP contribution in [-0.4, -0.2) is 40.9 Å². The van der Waals surface area contributed by atoms with E-state index in [2.05, 4.69) is 86.6 Å². The lowest BCUT2D eigenvalue weighted by Gasteiger charge is -2.53. The SMILES string of the molecule is C[Si](C)(C)N(P(F)N([Si](C)(C)C)[Si](C)(C)C)[Si](C)(C)C. The van der Waals surface area contributed by atoms with Crippen molar-refractivity contribution in [1.82, 2.24) is 8.00 Å². The number of halogens is 1. The highest BCUT2D eigenvalue weighted by Crippen LogP contribution is 2.56. The van der Waals surface area contributed by atoms with Gasteiger partial charge in [0, 0.05) is 0 Å². The molecule has 0 aromatic heterocycles. The van der Waals surface area contributed by atoms with E-state index >= 15 is 4.20 Å². The van der Waals surface area contributed by atoms with Crippen LogP contribution in [0.3, 0.4) is 0 Å². The van der Waals surface area contributed by atoms with Gasteiger partial charge >= 0.3 is 0 Å². The molecule has 0 unspecified atom stereocenters. The molecule has 2 nitrogen and oxygen atoms in total. The summed E-state index contributed by atoms with van der Waals surface area (Å²) in [7, 11) is -8.26. The second-order valence-corrected chi connectivity index (χ2v) is 32.4. The van der Waals surface area contributed by atoms with E-state index in [1.165, 1.54) is 0 Å². The van der Waals surface area contributed by atoms with Gasteiger partial charge in [-0.15, -0.1) is 0 Å². The zero-order valence-electron chi connectivity index (χ0n) is 15.7. The van der Waals surface area contributed by atoms with Gasteiger partial charge in [-0.1, -0.05) is 78.6 Å². The Morgan fingerprint density at radius 2 is 0.650 bits per heavy atom. The Labute approximate surface area is 132 Å². The van der Waals surface area contributed by atoms with Crippen LogP contribution in [0, 0.1) is 0 Å². The summed E-state index contributed by atoms with van der Waals surface area (Å²) in [5, 5.41) is 0. The molecule has 0 spiro atoms. The molecule has 0 saturated heterocycles. The highest BCUT2D eigenvalue weighted by Gasteiger charge is 2.49. The van der Waals surface area contributed by atoms with E-state index in [0.717, 1.165) is 0 Å². The van der Waals surface area contributed by atoms with Crippen molar-refractivity contribution < 1.29 is 4.20 Å². The zero-order chi connectivity index (χ0) is 16.7. The molecule has 0 aromatic rings. The topological polar surface area (TPSA) is 6.48 Å². The predicted molar refractivity (Wildman–Crippen MR) is 105 cm³/mol. The van der Waals surface area contributed by atoms with E-state index in [-0.39, 0.29) is 0 Å². The van der Waals surface area contributed by atoms with Gasteiger partial charge in [0.2, 0.25) is 8.53 Å². The molecule has 0 amide bonds. The predicted octanol–water partition coefficient (Wildman–Crippen LogP) is 6.13. The first-order valence-corrected chi connectivity index (χ1v) is 22.4. The minimum absolute atomic E-state index is 1.65. The number of nitrogens with zero attached hydrogens (tertiary/aromatic N) is 2. The smallest absolute Gasteiger partial charge is 0.209 e. The van der Waals surface area contributed by atoms with Crippen LogP contribution >= 0.6 is 8.53 Å². The van der Waals surface area contributed by atoms with Crippen molar-refractivity contribution in [2.45, 2.75) is 78.6 Å². The second kappa shape index (κ2) is 6.33. The third kappa shape index (κ3) is 5.74. The highest BCUT2D eigenvalue weighted by molar-refractivity contribution is 7.57. The first-order valence-electron chi connectivity index (χ1n) is 7.46. The van der Waals surface area contributed by atoms with Gasteiger partial charge in [0.25, 0.3) is 0 Å². The molecule has 0 saturated carbocycles. The summed E-state index contributed by atoms with van der Waals surface area (Å²) in [5.41, 5.74) is 0. The number of hydrogen-bond donors (Lipinski definition) is 0. The van der Waals surface area contributed by atoms with Crippen LogP contribution in [0.2, 0.25) is 78.6 Å². The van der Waals surface area contributed by atoms with Crippen LogP contribution in [0.15, 0.2) is 0 Å². The standard InChI is InChI=1S/C12H36FN2PSi4/c1-17(2,3)14(18(4,5)6)16(13)15(19(7,8)9)20(10,11)12/h1-12H3. The number of rotatable bonds is 6. The maximum Gasteiger partial charge on any atom is 0.209 e. The minimum Gasteiger partial charge on any atom is -0.288 e. The van der Waals surface area contributed by atoms with Gasteiger partial charge in [-0.2, -0.15) is 4.20 Å². The lowest BCUT2D eigenvalue weighted by molar-refractivity contribution is 0.722. The van der Waals surface area contributed by atoms with Crippen molar-refractivity contribution in [3.05, 3.63) is 0 Å². The van der Waals surface area contributed by atoms with E-state index < -0.39 is 41.5 Å². The van der Waals surface area contributed by atoms with Crippen LogP contribution in [0.4, 0.5) is 4.20 Å². The van der Waals surface area contributed by atoms with Gasteiger partial charge in [0.1, 0.15) is 32.9 Å². The van der Waals surface area contributed by atoms with Gasteiger partial charge in [-0.05, 0) is 0 Å². The Bertz CT molecular complexity index is 268. The van der Waals surface area contributed by atoms with E-state index in [4.69, 9.17) is 0 Å². The zero-order valence-corrected chi connectivity index (χ0v) is 20.6. The fourth-order valence-corrected chi connectivity index (χ4v) is 29.4. The molecule has 20 heavy (non-hydrogen) atoms. The molecule has 8 heteroatoms. The molecule has 0 bridgehead atoms. The molecule has 0 radical (unpaired) electrons. The Morgan fingerprint density at radius 3 is 0.750 bits per heavy atom. The summed E-state index contributed by atoms with van der Waals surface area (Å²) in [4.78, 5) is 0. The van der Waals surface area contributed by atoms with Crippen LogP contribution in [0.25, 0.3) is 0 Å². The third-order valence-corrected chi connectivity index (χ3v) is 25.8. The Hall–Kier alpha value is 1.15. The fourth-order valence-electron chi connectivity index (χ4n) is 3.09. The quantitative estimate of drug-likeness (QED) is 0.410. The summed E-state index contributed by atoms with van der Waals surface area (Å²) in [5.74, 6) is 0. The molecule has 0 aliphatic heterocycles. The van der Waals surface area contributed by atoms with E-state index in [0.29, 0.717) is 0 Å². The maximum absolute atomic E-state index is 15.8. The van der Waals surface area contributed by atoms with Gasteiger partial charge in [0.05, 0.1) is 0 Å². The lowest BCUT2D eigenvalue weighted by atomic mass is 11.8. The van der Waals surface area contributed by atoms with Crippen LogP contribution in [0.1, 0.15) is 0 Å². The molecule has 0 rings (SSSR count). The first-order chi connectivity index (χ1) is 8.40. The molecular formula is C12H36FN2PSi4.